The Morgan fingerprint density at radius 3 is 2.94 bits per heavy atom. The minimum absolute atomic E-state index is 0.218. The van der Waals surface area contributed by atoms with Crippen molar-refractivity contribution in [2.45, 2.75) is 31.6 Å². The van der Waals surface area contributed by atoms with E-state index in [0.717, 1.165) is 29.2 Å². The van der Waals surface area contributed by atoms with Crippen LogP contribution in [0, 0.1) is 16.7 Å². The van der Waals surface area contributed by atoms with Crippen LogP contribution in [0.2, 0.25) is 0 Å². The van der Waals surface area contributed by atoms with Crippen LogP contribution in [0.3, 0.4) is 0 Å². The standard InChI is InChI=1S/C12H17N3S/c1-12(2,9-13)5-3-7-16-11-4-6-15-8-10(11)14/h4,6,8H,3,5,7,14H2,1-2H3. The number of anilines is 1. The van der Waals surface area contributed by atoms with E-state index in [9.17, 15) is 0 Å². The number of thioether (sulfide) groups is 1. The average Bonchev–Trinajstić information content (AvgIpc) is 2.27. The molecule has 2 N–H and O–H groups in total. The van der Waals surface area contributed by atoms with E-state index in [2.05, 4.69) is 11.1 Å². The van der Waals surface area contributed by atoms with Gasteiger partial charge in [0.1, 0.15) is 0 Å². The summed E-state index contributed by atoms with van der Waals surface area (Å²) in [6, 6.07) is 4.23. The topological polar surface area (TPSA) is 62.7 Å². The molecule has 1 rings (SSSR count). The Bertz CT molecular complexity index is 382. The van der Waals surface area contributed by atoms with Crippen LogP contribution < -0.4 is 5.73 Å². The highest BCUT2D eigenvalue weighted by atomic mass is 32.2. The van der Waals surface area contributed by atoms with Crippen molar-refractivity contribution in [3.05, 3.63) is 18.5 Å². The van der Waals surface area contributed by atoms with Crippen LogP contribution in [0.1, 0.15) is 26.7 Å². The Morgan fingerprint density at radius 2 is 2.31 bits per heavy atom. The van der Waals surface area contributed by atoms with Crippen molar-refractivity contribution in [1.82, 2.24) is 4.98 Å². The highest BCUT2D eigenvalue weighted by molar-refractivity contribution is 7.99. The van der Waals surface area contributed by atoms with E-state index in [1.165, 1.54) is 0 Å². The number of hydrogen-bond donors (Lipinski definition) is 1. The fourth-order valence-electron chi connectivity index (χ4n) is 1.28. The molecule has 1 aromatic heterocycles. The van der Waals surface area contributed by atoms with Gasteiger partial charge >= 0.3 is 0 Å². The summed E-state index contributed by atoms with van der Waals surface area (Å²) < 4.78 is 0. The highest BCUT2D eigenvalue weighted by Gasteiger charge is 2.15. The molecule has 0 aliphatic carbocycles. The van der Waals surface area contributed by atoms with Gasteiger partial charge in [0.2, 0.25) is 0 Å². The maximum Gasteiger partial charge on any atom is 0.0683 e. The van der Waals surface area contributed by atoms with Crippen LogP contribution in [0.25, 0.3) is 0 Å². The number of nitrogens with two attached hydrogens (primary N) is 1. The molecular formula is C12H17N3S. The largest absolute Gasteiger partial charge is 0.397 e. The second-order valence-corrected chi connectivity index (χ2v) is 5.50. The van der Waals surface area contributed by atoms with E-state index < -0.39 is 0 Å². The summed E-state index contributed by atoms with van der Waals surface area (Å²) in [4.78, 5) is 5.02. The zero-order valence-electron chi connectivity index (χ0n) is 9.73. The van der Waals surface area contributed by atoms with Crippen LogP contribution in [0.15, 0.2) is 23.4 Å². The van der Waals surface area contributed by atoms with Gasteiger partial charge in [-0.2, -0.15) is 5.26 Å². The fraction of sp³-hybridized carbons (Fsp3) is 0.500. The van der Waals surface area contributed by atoms with E-state index >= 15 is 0 Å². The second kappa shape index (κ2) is 5.76. The van der Waals surface area contributed by atoms with Crippen molar-refractivity contribution >= 4 is 17.4 Å². The highest BCUT2D eigenvalue weighted by Crippen LogP contribution is 2.27. The van der Waals surface area contributed by atoms with Crippen molar-refractivity contribution in [2.24, 2.45) is 5.41 Å². The summed E-state index contributed by atoms with van der Waals surface area (Å²) in [5.41, 5.74) is 6.29. The molecule has 0 aliphatic rings. The molecule has 0 aliphatic heterocycles. The first kappa shape index (κ1) is 12.9. The molecule has 3 nitrogen and oxygen atoms in total. The summed E-state index contributed by atoms with van der Waals surface area (Å²) in [5, 5.41) is 8.87. The average molecular weight is 235 g/mol. The molecule has 0 amide bonds. The number of aromatic nitrogens is 1. The van der Waals surface area contributed by atoms with Gasteiger partial charge in [-0.3, -0.25) is 4.98 Å². The Labute approximate surface area is 101 Å². The lowest BCUT2D eigenvalue weighted by atomic mass is 9.90. The SMILES string of the molecule is CC(C)(C#N)CCCSc1ccncc1N. The first-order valence-corrected chi connectivity index (χ1v) is 6.27. The number of nitrogens with zero attached hydrogens (tertiary/aromatic N) is 2. The van der Waals surface area contributed by atoms with E-state index in [1.807, 2.05) is 19.9 Å². The van der Waals surface area contributed by atoms with Gasteiger partial charge in [0.25, 0.3) is 0 Å². The Kier molecular flexibility index (Phi) is 4.63. The third kappa shape index (κ3) is 4.11. The van der Waals surface area contributed by atoms with Crippen molar-refractivity contribution < 1.29 is 0 Å². The minimum atomic E-state index is -0.218. The minimum Gasteiger partial charge on any atom is -0.397 e. The molecule has 16 heavy (non-hydrogen) atoms. The molecule has 0 bridgehead atoms. The predicted octanol–water partition coefficient (Wildman–Crippen LogP) is 3.09. The molecule has 0 atom stereocenters. The van der Waals surface area contributed by atoms with Gasteiger partial charge in [-0.25, -0.2) is 0 Å². The number of nitriles is 1. The molecule has 1 aromatic rings. The van der Waals surface area contributed by atoms with Crippen LogP contribution in [-0.2, 0) is 0 Å². The normalized spacial score (nSPS) is 11.1. The first-order chi connectivity index (χ1) is 7.55. The molecule has 0 spiro atoms. The molecule has 0 unspecified atom stereocenters. The maximum atomic E-state index is 8.87. The summed E-state index contributed by atoms with van der Waals surface area (Å²) in [5.74, 6) is 0.985. The van der Waals surface area contributed by atoms with Crippen molar-refractivity contribution in [2.75, 3.05) is 11.5 Å². The predicted molar refractivity (Wildman–Crippen MR) is 68.0 cm³/mol. The third-order valence-electron chi connectivity index (χ3n) is 2.32. The number of hydrogen-bond acceptors (Lipinski definition) is 4. The molecule has 0 saturated heterocycles. The zero-order valence-corrected chi connectivity index (χ0v) is 10.5. The smallest absolute Gasteiger partial charge is 0.0683 e. The molecule has 1 heterocycles. The second-order valence-electron chi connectivity index (χ2n) is 4.36. The quantitative estimate of drug-likeness (QED) is 0.629. The van der Waals surface area contributed by atoms with Gasteiger partial charge in [0.15, 0.2) is 0 Å². The van der Waals surface area contributed by atoms with Crippen molar-refractivity contribution in [3.8, 4) is 6.07 Å². The van der Waals surface area contributed by atoms with Gasteiger partial charge in [-0.15, -0.1) is 11.8 Å². The Morgan fingerprint density at radius 1 is 1.56 bits per heavy atom. The lowest BCUT2D eigenvalue weighted by Crippen LogP contribution is -2.07. The van der Waals surface area contributed by atoms with Crippen molar-refractivity contribution in [3.63, 3.8) is 0 Å². The van der Waals surface area contributed by atoms with Crippen LogP contribution >= 0.6 is 11.8 Å². The molecule has 0 aromatic carbocycles. The lowest BCUT2D eigenvalue weighted by molar-refractivity contribution is 0.448. The summed E-state index contributed by atoms with van der Waals surface area (Å²) >= 11 is 1.72. The summed E-state index contributed by atoms with van der Waals surface area (Å²) in [6.07, 6.45) is 5.36. The monoisotopic (exact) mass is 235 g/mol. The van der Waals surface area contributed by atoms with Crippen LogP contribution in [0.4, 0.5) is 5.69 Å². The van der Waals surface area contributed by atoms with Gasteiger partial charge in [-0.05, 0) is 38.5 Å². The molecule has 0 fully saturated rings. The summed E-state index contributed by atoms with van der Waals surface area (Å²) in [7, 11) is 0. The van der Waals surface area contributed by atoms with E-state index in [1.54, 1.807) is 24.2 Å². The molecule has 0 radical (unpaired) electrons. The number of rotatable bonds is 5. The van der Waals surface area contributed by atoms with Gasteiger partial charge in [0, 0.05) is 11.1 Å². The van der Waals surface area contributed by atoms with Gasteiger partial charge in [0.05, 0.1) is 23.4 Å². The van der Waals surface area contributed by atoms with Crippen molar-refractivity contribution in [1.29, 1.82) is 5.26 Å². The summed E-state index contributed by atoms with van der Waals surface area (Å²) in [6.45, 7) is 3.94. The number of nitrogen functional groups attached to an aromatic ring is 1. The Balaban J connectivity index is 2.33. The maximum absolute atomic E-state index is 8.87. The van der Waals surface area contributed by atoms with E-state index in [4.69, 9.17) is 11.0 Å². The van der Waals surface area contributed by atoms with E-state index in [-0.39, 0.29) is 5.41 Å². The van der Waals surface area contributed by atoms with E-state index in [0.29, 0.717) is 0 Å². The van der Waals surface area contributed by atoms with Gasteiger partial charge < -0.3 is 5.73 Å². The van der Waals surface area contributed by atoms with Crippen LogP contribution in [-0.4, -0.2) is 10.7 Å². The van der Waals surface area contributed by atoms with Gasteiger partial charge in [-0.1, -0.05) is 0 Å². The van der Waals surface area contributed by atoms with Crippen LogP contribution in [0.5, 0.6) is 0 Å². The zero-order chi connectivity index (χ0) is 12.0. The molecule has 0 saturated carbocycles. The molecular weight excluding hydrogens is 218 g/mol. The first-order valence-electron chi connectivity index (χ1n) is 5.29. The molecule has 4 heteroatoms. The number of pyridine rings is 1. The Hall–Kier alpha value is -1.21. The molecule has 86 valence electrons. The lowest BCUT2D eigenvalue weighted by Gasteiger charge is -2.14. The fourth-order valence-corrected chi connectivity index (χ4v) is 2.16. The third-order valence-corrected chi connectivity index (χ3v) is 3.49.